The van der Waals surface area contributed by atoms with Crippen molar-refractivity contribution in [2.45, 2.75) is 13.3 Å². The van der Waals surface area contributed by atoms with Crippen LogP contribution in [0.4, 0.5) is 5.82 Å². The average Bonchev–Trinajstić information content (AvgIpc) is 2.84. The predicted octanol–water partition coefficient (Wildman–Crippen LogP) is 3.72. The standard InChI is InChI=1S/C26H27N5O/c1-18(25-16-26(30-19(2)29-25)31-11-13-32-14-12-31)24-15-21(17-28)5-8-23(24)22-6-3-20(4-7-22)9-10-27/h3-8,15-16H,1,9-14,27H2,2H3. The van der Waals surface area contributed by atoms with Gasteiger partial charge in [-0.1, -0.05) is 36.9 Å². The van der Waals surface area contributed by atoms with E-state index in [1.165, 1.54) is 5.56 Å². The van der Waals surface area contributed by atoms with Crippen molar-refractivity contribution in [1.29, 1.82) is 5.26 Å². The molecule has 32 heavy (non-hydrogen) atoms. The number of nitrogens with two attached hydrogens (primary N) is 1. The molecule has 0 saturated carbocycles. The van der Waals surface area contributed by atoms with Crippen molar-refractivity contribution in [2.75, 3.05) is 37.7 Å². The first-order valence-corrected chi connectivity index (χ1v) is 10.8. The van der Waals surface area contributed by atoms with E-state index in [4.69, 9.17) is 10.5 Å². The smallest absolute Gasteiger partial charge is 0.133 e. The first-order valence-electron chi connectivity index (χ1n) is 10.8. The summed E-state index contributed by atoms with van der Waals surface area (Å²) in [6.45, 7) is 9.86. The Balaban J connectivity index is 1.75. The summed E-state index contributed by atoms with van der Waals surface area (Å²) in [6, 6.07) is 18.3. The largest absolute Gasteiger partial charge is 0.378 e. The molecule has 0 radical (unpaired) electrons. The molecule has 6 nitrogen and oxygen atoms in total. The van der Waals surface area contributed by atoms with Crippen LogP contribution in [0, 0.1) is 18.3 Å². The fourth-order valence-corrected chi connectivity index (χ4v) is 3.93. The predicted molar refractivity (Wildman–Crippen MR) is 127 cm³/mol. The summed E-state index contributed by atoms with van der Waals surface area (Å²) in [5.74, 6) is 1.57. The SMILES string of the molecule is C=C(c1cc(N2CCOCC2)nc(C)n1)c1cc(C#N)ccc1-c1ccc(CCN)cc1. The number of nitrogens with zero attached hydrogens (tertiary/aromatic N) is 4. The topological polar surface area (TPSA) is 88.1 Å². The summed E-state index contributed by atoms with van der Waals surface area (Å²) < 4.78 is 5.47. The van der Waals surface area contributed by atoms with Gasteiger partial charge in [-0.2, -0.15) is 5.26 Å². The summed E-state index contributed by atoms with van der Waals surface area (Å²) in [6.07, 6.45) is 0.845. The van der Waals surface area contributed by atoms with Crippen LogP contribution >= 0.6 is 0 Å². The van der Waals surface area contributed by atoms with Crippen LogP contribution in [0.2, 0.25) is 0 Å². The van der Waals surface area contributed by atoms with E-state index in [1.54, 1.807) is 0 Å². The summed E-state index contributed by atoms with van der Waals surface area (Å²) in [4.78, 5) is 11.5. The van der Waals surface area contributed by atoms with E-state index in [0.29, 0.717) is 31.1 Å². The molecule has 0 bridgehead atoms. The maximum atomic E-state index is 9.49. The maximum Gasteiger partial charge on any atom is 0.133 e. The van der Waals surface area contributed by atoms with Crippen molar-refractivity contribution >= 4 is 11.4 Å². The van der Waals surface area contributed by atoms with Gasteiger partial charge < -0.3 is 15.4 Å². The van der Waals surface area contributed by atoms with Crippen molar-refractivity contribution in [3.05, 3.63) is 83.3 Å². The average molecular weight is 426 g/mol. The number of ether oxygens (including phenoxy) is 1. The van der Waals surface area contributed by atoms with Crippen molar-refractivity contribution in [3.63, 3.8) is 0 Å². The maximum absolute atomic E-state index is 9.49. The van der Waals surface area contributed by atoms with Gasteiger partial charge in [-0.05, 0) is 54.3 Å². The molecule has 1 aliphatic heterocycles. The van der Waals surface area contributed by atoms with E-state index in [-0.39, 0.29) is 0 Å². The van der Waals surface area contributed by atoms with Crippen LogP contribution in [-0.4, -0.2) is 42.8 Å². The lowest BCUT2D eigenvalue weighted by Crippen LogP contribution is -2.37. The molecule has 0 spiro atoms. The van der Waals surface area contributed by atoms with Gasteiger partial charge in [-0.3, -0.25) is 0 Å². The highest BCUT2D eigenvalue weighted by Crippen LogP contribution is 2.33. The minimum absolute atomic E-state index is 0.587. The highest BCUT2D eigenvalue weighted by molar-refractivity contribution is 5.87. The van der Waals surface area contributed by atoms with Crippen molar-refractivity contribution < 1.29 is 4.74 Å². The molecule has 6 heteroatoms. The summed E-state index contributed by atoms with van der Waals surface area (Å²) in [5, 5.41) is 9.49. The summed E-state index contributed by atoms with van der Waals surface area (Å²) in [5.41, 5.74) is 12.0. The number of rotatable bonds is 6. The second kappa shape index (κ2) is 9.73. The number of aryl methyl sites for hydroxylation is 1. The van der Waals surface area contributed by atoms with Crippen molar-refractivity contribution in [2.24, 2.45) is 5.73 Å². The number of nitriles is 1. The summed E-state index contributed by atoms with van der Waals surface area (Å²) in [7, 11) is 0. The minimum Gasteiger partial charge on any atom is -0.378 e. The Morgan fingerprint density at radius 2 is 1.88 bits per heavy atom. The molecular weight excluding hydrogens is 398 g/mol. The third kappa shape index (κ3) is 4.70. The van der Waals surface area contributed by atoms with Crippen LogP contribution < -0.4 is 10.6 Å². The van der Waals surface area contributed by atoms with Crippen LogP contribution in [0.1, 0.15) is 28.2 Å². The molecule has 3 aromatic rings. The molecular formula is C26H27N5O. The number of morpholine rings is 1. The number of hydrogen-bond acceptors (Lipinski definition) is 6. The third-order valence-corrected chi connectivity index (χ3v) is 5.64. The second-order valence-corrected chi connectivity index (χ2v) is 7.84. The van der Waals surface area contributed by atoms with Crippen LogP contribution in [-0.2, 0) is 11.2 Å². The van der Waals surface area contributed by atoms with Crippen LogP contribution in [0.3, 0.4) is 0 Å². The molecule has 0 atom stereocenters. The number of benzene rings is 2. The van der Waals surface area contributed by atoms with E-state index < -0.39 is 0 Å². The molecule has 2 aromatic carbocycles. The normalized spacial score (nSPS) is 13.6. The van der Waals surface area contributed by atoms with Gasteiger partial charge in [0, 0.05) is 24.7 Å². The van der Waals surface area contributed by atoms with Gasteiger partial charge in [0.25, 0.3) is 0 Å². The minimum atomic E-state index is 0.587. The Kier molecular flexibility index (Phi) is 6.60. The molecule has 2 heterocycles. The van der Waals surface area contributed by atoms with Crippen molar-refractivity contribution in [1.82, 2.24) is 9.97 Å². The molecule has 1 saturated heterocycles. The van der Waals surface area contributed by atoms with Gasteiger partial charge in [0.1, 0.15) is 11.6 Å². The van der Waals surface area contributed by atoms with E-state index in [0.717, 1.165) is 53.3 Å². The van der Waals surface area contributed by atoms with Gasteiger partial charge >= 0.3 is 0 Å². The monoisotopic (exact) mass is 425 g/mol. The molecule has 1 aromatic heterocycles. The molecule has 0 amide bonds. The van der Waals surface area contributed by atoms with Gasteiger partial charge in [-0.15, -0.1) is 0 Å². The van der Waals surface area contributed by atoms with Crippen LogP contribution in [0.25, 0.3) is 16.7 Å². The molecule has 1 aliphatic rings. The Morgan fingerprint density at radius 3 is 2.56 bits per heavy atom. The first kappa shape index (κ1) is 21.7. The first-order chi connectivity index (χ1) is 15.6. The summed E-state index contributed by atoms with van der Waals surface area (Å²) >= 11 is 0. The molecule has 1 fully saturated rings. The van der Waals surface area contributed by atoms with Crippen molar-refractivity contribution in [3.8, 4) is 17.2 Å². The zero-order valence-corrected chi connectivity index (χ0v) is 18.3. The highest BCUT2D eigenvalue weighted by Gasteiger charge is 2.17. The van der Waals surface area contributed by atoms with Crippen LogP contribution in [0.15, 0.2) is 55.1 Å². The second-order valence-electron chi connectivity index (χ2n) is 7.84. The van der Waals surface area contributed by atoms with E-state index in [2.05, 4.69) is 51.8 Å². The van der Waals surface area contributed by atoms with Gasteiger partial charge in [0.05, 0.1) is 30.5 Å². The number of hydrogen-bond donors (Lipinski definition) is 1. The zero-order chi connectivity index (χ0) is 22.5. The lowest BCUT2D eigenvalue weighted by Gasteiger charge is -2.28. The molecule has 0 unspecified atom stereocenters. The molecule has 2 N–H and O–H groups in total. The van der Waals surface area contributed by atoms with E-state index in [9.17, 15) is 5.26 Å². The highest BCUT2D eigenvalue weighted by atomic mass is 16.5. The van der Waals surface area contributed by atoms with E-state index >= 15 is 0 Å². The Morgan fingerprint density at radius 1 is 1.12 bits per heavy atom. The molecule has 4 rings (SSSR count). The van der Waals surface area contributed by atoms with Gasteiger partial charge in [0.15, 0.2) is 0 Å². The third-order valence-electron chi connectivity index (χ3n) is 5.64. The Labute approximate surface area is 189 Å². The zero-order valence-electron chi connectivity index (χ0n) is 18.3. The molecule has 0 aliphatic carbocycles. The number of aromatic nitrogens is 2. The van der Waals surface area contributed by atoms with E-state index in [1.807, 2.05) is 31.2 Å². The lowest BCUT2D eigenvalue weighted by atomic mass is 9.91. The Hall–Kier alpha value is -3.53. The Bertz CT molecular complexity index is 1160. The van der Waals surface area contributed by atoms with Gasteiger partial charge in [-0.25, -0.2) is 9.97 Å². The van der Waals surface area contributed by atoms with Crippen LogP contribution in [0.5, 0.6) is 0 Å². The van der Waals surface area contributed by atoms with Gasteiger partial charge in [0.2, 0.25) is 0 Å². The fourth-order valence-electron chi connectivity index (χ4n) is 3.93. The quantitative estimate of drug-likeness (QED) is 0.648. The molecule has 162 valence electrons. The fraction of sp³-hybridized carbons (Fsp3) is 0.269. The number of anilines is 1. The lowest BCUT2D eigenvalue weighted by molar-refractivity contribution is 0.122.